The molecule has 1 aromatic carbocycles. The molecule has 25 heavy (non-hydrogen) atoms. The van der Waals surface area contributed by atoms with Crippen molar-refractivity contribution in [2.75, 3.05) is 5.32 Å². The zero-order valence-electron chi connectivity index (χ0n) is 13.8. The summed E-state index contributed by atoms with van der Waals surface area (Å²) >= 11 is 1.43. The largest absolute Gasteiger partial charge is 0.365 e. The number of nitrogens with two attached hydrogens (primary N) is 1. The Morgan fingerprint density at radius 1 is 1.32 bits per heavy atom. The average Bonchev–Trinajstić information content (AvgIpc) is 2.91. The number of hydrogen-bond donors (Lipinski definition) is 2. The van der Waals surface area contributed by atoms with Gasteiger partial charge in [-0.1, -0.05) is 19.1 Å². The molecule has 1 aromatic heterocycles. The zero-order valence-corrected chi connectivity index (χ0v) is 14.7. The molecule has 1 aliphatic carbocycles. The van der Waals surface area contributed by atoms with Crippen LogP contribution in [0.5, 0.6) is 0 Å². The molecule has 1 unspecified atom stereocenters. The van der Waals surface area contributed by atoms with E-state index in [1.54, 1.807) is 18.2 Å². The lowest BCUT2D eigenvalue weighted by molar-refractivity contribution is -0.111. The highest BCUT2D eigenvalue weighted by atomic mass is 32.1. The summed E-state index contributed by atoms with van der Waals surface area (Å²) in [5, 5.41) is 3.28. The minimum atomic E-state index is -0.509. The van der Waals surface area contributed by atoms with Crippen molar-refractivity contribution in [2.24, 2.45) is 11.7 Å². The van der Waals surface area contributed by atoms with Crippen LogP contribution in [0.25, 0.3) is 6.08 Å². The van der Waals surface area contributed by atoms with Gasteiger partial charge in [0.2, 0.25) is 5.91 Å². The lowest BCUT2D eigenvalue weighted by atomic mass is 9.88. The van der Waals surface area contributed by atoms with E-state index in [2.05, 4.69) is 12.2 Å². The van der Waals surface area contributed by atoms with Gasteiger partial charge in [0.15, 0.2) is 0 Å². The molecule has 2 aromatic rings. The van der Waals surface area contributed by atoms with Crippen LogP contribution in [0.1, 0.15) is 39.7 Å². The Hall–Kier alpha value is -2.47. The Morgan fingerprint density at radius 3 is 2.72 bits per heavy atom. The van der Waals surface area contributed by atoms with Crippen LogP contribution in [0.3, 0.4) is 0 Å². The minimum Gasteiger partial charge on any atom is -0.365 e. The number of rotatable bonds is 4. The molecule has 0 saturated heterocycles. The van der Waals surface area contributed by atoms with Crippen molar-refractivity contribution in [1.82, 2.24) is 0 Å². The number of nitrogens with one attached hydrogen (secondary N) is 1. The first-order valence-corrected chi connectivity index (χ1v) is 8.94. The monoisotopic (exact) mass is 358 g/mol. The lowest BCUT2D eigenvalue weighted by Crippen LogP contribution is -2.18. The summed E-state index contributed by atoms with van der Waals surface area (Å²) in [6.07, 6.45) is 5.68. The Balaban J connectivity index is 1.79. The van der Waals surface area contributed by atoms with Crippen LogP contribution in [0.15, 0.2) is 30.3 Å². The predicted molar refractivity (Wildman–Crippen MR) is 98.1 cm³/mol. The number of anilines is 1. The summed E-state index contributed by atoms with van der Waals surface area (Å²) in [7, 11) is 0. The second-order valence-electron chi connectivity index (χ2n) is 6.29. The van der Waals surface area contributed by atoms with Crippen LogP contribution >= 0.6 is 11.3 Å². The first kappa shape index (κ1) is 17.4. The lowest BCUT2D eigenvalue weighted by Gasteiger charge is -2.18. The van der Waals surface area contributed by atoms with Gasteiger partial charge >= 0.3 is 0 Å². The summed E-state index contributed by atoms with van der Waals surface area (Å²) in [4.78, 5) is 25.2. The van der Waals surface area contributed by atoms with Gasteiger partial charge in [0.25, 0.3) is 5.91 Å². The average molecular weight is 358 g/mol. The van der Waals surface area contributed by atoms with Crippen molar-refractivity contribution in [2.45, 2.75) is 26.2 Å². The fourth-order valence-electron chi connectivity index (χ4n) is 3.00. The number of thiophene rings is 1. The summed E-state index contributed by atoms with van der Waals surface area (Å²) in [6, 6.07) is 5.83. The highest BCUT2D eigenvalue weighted by molar-refractivity contribution is 7.17. The quantitative estimate of drug-likeness (QED) is 0.817. The van der Waals surface area contributed by atoms with E-state index in [1.807, 2.05) is 0 Å². The van der Waals surface area contributed by atoms with Gasteiger partial charge in [-0.2, -0.15) is 0 Å². The minimum absolute atomic E-state index is 0.328. The van der Waals surface area contributed by atoms with E-state index in [-0.39, 0.29) is 11.7 Å². The third-order valence-electron chi connectivity index (χ3n) is 4.29. The van der Waals surface area contributed by atoms with Crippen molar-refractivity contribution in [3.63, 3.8) is 0 Å². The van der Waals surface area contributed by atoms with Crippen LogP contribution in [-0.4, -0.2) is 11.8 Å². The van der Waals surface area contributed by atoms with Crippen LogP contribution < -0.4 is 11.1 Å². The first-order valence-electron chi connectivity index (χ1n) is 8.13. The number of halogens is 1. The highest BCUT2D eigenvalue weighted by Gasteiger charge is 2.26. The van der Waals surface area contributed by atoms with Crippen LogP contribution in [0.2, 0.25) is 0 Å². The van der Waals surface area contributed by atoms with E-state index in [1.165, 1.54) is 29.5 Å². The Morgan fingerprint density at radius 2 is 2.04 bits per heavy atom. The summed E-state index contributed by atoms with van der Waals surface area (Å²) in [6.45, 7) is 2.18. The fourth-order valence-corrected chi connectivity index (χ4v) is 4.42. The molecule has 0 bridgehead atoms. The molecular weight excluding hydrogens is 339 g/mol. The number of fused-ring (bicyclic) bond motifs is 1. The maximum atomic E-state index is 12.9. The number of benzene rings is 1. The van der Waals surface area contributed by atoms with E-state index < -0.39 is 5.91 Å². The Kier molecular flexibility index (Phi) is 4.99. The van der Waals surface area contributed by atoms with Gasteiger partial charge in [-0.25, -0.2) is 4.39 Å². The molecule has 3 rings (SSSR count). The number of primary amides is 1. The second kappa shape index (κ2) is 7.19. The van der Waals surface area contributed by atoms with Gasteiger partial charge in [-0.15, -0.1) is 11.3 Å². The zero-order chi connectivity index (χ0) is 18.0. The molecule has 1 atom stereocenters. The molecule has 1 aliphatic rings. The van der Waals surface area contributed by atoms with Gasteiger partial charge in [0.05, 0.1) is 5.56 Å². The molecule has 3 N–H and O–H groups in total. The first-order chi connectivity index (χ1) is 11.9. The van der Waals surface area contributed by atoms with Gasteiger partial charge < -0.3 is 11.1 Å². The van der Waals surface area contributed by atoms with E-state index >= 15 is 0 Å². The molecule has 0 radical (unpaired) electrons. The summed E-state index contributed by atoms with van der Waals surface area (Å²) in [5.74, 6) is -0.622. The molecule has 0 spiro atoms. The van der Waals surface area contributed by atoms with Gasteiger partial charge in [-0.05, 0) is 54.5 Å². The number of carbonyl (C=O) groups excluding carboxylic acids is 2. The van der Waals surface area contributed by atoms with E-state index in [0.29, 0.717) is 22.0 Å². The SMILES string of the molecule is CC1CCc2c(sc(NC(=O)/C=C/c3ccc(F)cc3)c2C(N)=O)C1. The highest BCUT2D eigenvalue weighted by Crippen LogP contribution is 2.39. The topological polar surface area (TPSA) is 72.2 Å². The molecule has 2 amide bonds. The van der Waals surface area contributed by atoms with Crippen molar-refractivity contribution < 1.29 is 14.0 Å². The van der Waals surface area contributed by atoms with Gasteiger partial charge in [-0.3, -0.25) is 9.59 Å². The molecule has 130 valence electrons. The van der Waals surface area contributed by atoms with Crippen molar-refractivity contribution >= 4 is 34.2 Å². The van der Waals surface area contributed by atoms with Crippen molar-refractivity contribution in [3.8, 4) is 0 Å². The van der Waals surface area contributed by atoms with Gasteiger partial charge in [0.1, 0.15) is 10.8 Å². The van der Waals surface area contributed by atoms with Crippen molar-refractivity contribution in [1.29, 1.82) is 0 Å². The second-order valence-corrected chi connectivity index (χ2v) is 7.40. The third-order valence-corrected chi connectivity index (χ3v) is 5.46. The smallest absolute Gasteiger partial charge is 0.251 e. The van der Waals surface area contributed by atoms with Crippen LogP contribution in [0.4, 0.5) is 9.39 Å². The molecular formula is C19H19FN2O2S. The normalized spacial score (nSPS) is 16.6. The van der Waals surface area contributed by atoms with E-state index in [0.717, 1.165) is 29.7 Å². The fraction of sp³-hybridized carbons (Fsp3) is 0.263. The van der Waals surface area contributed by atoms with Crippen LogP contribution in [-0.2, 0) is 17.6 Å². The number of amides is 2. The Bertz CT molecular complexity index is 840. The molecule has 0 aliphatic heterocycles. The molecule has 6 heteroatoms. The van der Waals surface area contributed by atoms with Gasteiger partial charge in [0, 0.05) is 11.0 Å². The summed E-state index contributed by atoms with van der Waals surface area (Å²) in [5.41, 5.74) is 7.67. The molecule has 0 saturated carbocycles. The Labute approximate surface area is 149 Å². The third kappa shape index (κ3) is 3.96. The standard InChI is InChI=1S/C19H19FN2O2S/c1-11-2-8-14-15(10-11)25-19(17(14)18(21)24)22-16(23)9-5-12-3-6-13(20)7-4-12/h3-7,9,11H,2,8,10H2,1H3,(H2,21,24)(H,22,23)/b9-5+. The summed E-state index contributed by atoms with van der Waals surface area (Å²) < 4.78 is 12.9. The maximum Gasteiger partial charge on any atom is 0.251 e. The predicted octanol–water partition coefficient (Wildman–Crippen LogP) is 3.76. The molecule has 4 nitrogen and oxygen atoms in total. The van der Waals surface area contributed by atoms with Crippen molar-refractivity contribution in [3.05, 3.63) is 57.7 Å². The molecule has 1 heterocycles. The van der Waals surface area contributed by atoms with E-state index in [4.69, 9.17) is 5.73 Å². The molecule has 0 fully saturated rings. The number of carbonyl (C=O) groups is 2. The maximum absolute atomic E-state index is 12.9. The van der Waals surface area contributed by atoms with E-state index in [9.17, 15) is 14.0 Å². The number of hydrogen-bond acceptors (Lipinski definition) is 3. The van der Waals surface area contributed by atoms with Crippen LogP contribution in [0, 0.1) is 11.7 Å².